The van der Waals surface area contributed by atoms with Gasteiger partial charge in [0.15, 0.2) is 5.78 Å². The zero-order valence-corrected chi connectivity index (χ0v) is 23.4. The van der Waals surface area contributed by atoms with E-state index < -0.39 is 23.5 Å². The van der Waals surface area contributed by atoms with Crippen LogP contribution in [0.2, 0.25) is 5.02 Å². The molecule has 1 atom stereocenters. The lowest BCUT2D eigenvalue weighted by molar-refractivity contribution is -0.127. The second-order valence-electron chi connectivity index (χ2n) is 10.5. The predicted molar refractivity (Wildman–Crippen MR) is 157 cm³/mol. The van der Waals surface area contributed by atoms with Crippen molar-refractivity contribution in [1.29, 1.82) is 0 Å². The van der Waals surface area contributed by atoms with Crippen molar-refractivity contribution < 1.29 is 14.4 Å². The van der Waals surface area contributed by atoms with Gasteiger partial charge in [-0.2, -0.15) is 0 Å². The molecule has 1 unspecified atom stereocenters. The van der Waals surface area contributed by atoms with Gasteiger partial charge >= 0.3 is 6.03 Å². The van der Waals surface area contributed by atoms with E-state index in [0.717, 1.165) is 11.3 Å². The normalized spacial score (nSPS) is 15.1. The maximum atomic E-state index is 13.9. The summed E-state index contributed by atoms with van der Waals surface area (Å²) in [5.41, 5.74) is 3.08. The molecular formula is C30H32ClN5O3. The molecule has 0 saturated heterocycles. The smallest absolute Gasteiger partial charge is 0.321 e. The summed E-state index contributed by atoms with van der Waals surface area (Å²) in [6.45, 7) is 5.23. The van der Waals surface area contributed by atoms with Gasteiger partial charge in [-0.25, -0.2) is 9.79 Å². The van der Waals surface area contributed by atoms with Crippen LogP contribution in [-0.4, -0.2) is 50.2 Å². The number of carbonyl (C=O) groups excluding carboxylic acids is 3. The number of urea groups is 1. The Kier molecular flexibility index (Phi) is 8.06. The Bertz CT molecular complexity index is 1430. The predicted octanol–water partition coefficient (Wildman–Crippen LogP) is 5.35. The average molecular weight is 546 g/mol. The number of nitrogens with one attached hydrogen (secondary N) is 2. The molecule has 3 amide bonds. The monoisotopic (exact) mass is 545 g/mol. The summed E-state index contributed by atoms with van der Waals surface area (Å²) in [6.07, 6.45) is -1.30. The van der Waals surface area contributed by atoms with E-state index in [-0.39, 0.29) is 12.3 Å². The van der Waals surface area contributed by atoms with Crippen molar-refractivity contribution in [1.82, 2.24) is 5.32 Å². The summed E-state index contributed by atoms with van der Waals surface area (Å²) >= 11 is 6.38. The molecule has 0 aliphatic carbocycles. The van der Waals surface area contributed by atoms with Gasteiger partial charge in [0.2, 0.25) is 6.17 Å². The first-order valence-corrected chi connectivity index (χ1v) is 12.9. The number of ketones is 1. The number of benzodiazepines with no additional fused rings is 1. The Morgan fingerprint density at radius 3 is 2.38 bits per heavy atom. The standard InChI is InChI=1S/C30H32ClN5O3/c1-30(2,3)25(37)18-36-24-15-14-20(31)16-23(24)26(19-10-7-6-8-11-19)33-27(28(36)38)34-29(39)32-21-12-9-13-22(17-21)35(4)5/h6-17,27H,18H2,1-5H3,(H2,32,34,39). The zero-order valence-electron chi connectivity index (χ0n) is 22.7. The van der Waals surface area contributed by atoms with Crippen LogP contribution >= 0.6 is 11.6 Å². The van der Waals surface area contributed by atoms with Crippen LogP contribution in [-0.2, 0) is 9.59 Å². The summed E-state index contributed by atoms with van der Waals surface area (Å²) in [7, 11) is 3.81. The van der Waals surface area contributed by atoms with E-state index >= 15 is 0 Å². The second kappa shape index (κ2) is 11.3. The van der Waals surface area contributed by atoms with E-state index in [0.29, 0.717) is 27.7 Å². The number of aliphatic imine (C=N–C) groups is 1. The first-order valence-electron chi connectivity index (χ1n) is 12.6. The average Bonchev–Trinajstić information content (AvgIpc) is 2.99. The van der Waals surface area contributed by atoms with Crippen LogP contribution in [0.25, 0.3) is 0 Å². The molecule has 39 heavy (non-hydrogen) atoms. The topological polar surface area (TPSA) is 94.1 Å². The van der Waals surface area contributed by atoms with Gasteiger partial charge in [0, 0.05) is 47.0 Å². The van der Waals surface area contributed by atoms with Crippen LogP contribution < -0.4 is 20.4 Å². The highest BCUT2D eigenvalue weighted by Crippen LogP contribution is 2.32. The molecule has 0 bridgehead atoms. The summed E-state index contributed by atoms with van der Waals surface area (Å²) in [5.74, 6) is -0.664. The number of hydrogen-bond donors (Lipinski definition) is 2. The third-order valence-electron chi connectivity index (χ3n) is 6.34. The van der Waals surface area contributed by atoms with E-state index in [1.54, 1.807) is 45.0 Å². The summed E-state index contributed by atoms with van der Waals surface area (Å²) in [6, 6.07) is 21.2. The van der Waals surface area contributed by atoms with Crippen LogP contribution in [0, 0.1) is 5.41 Å². The Balaban J connectivity index is 1.76. The van der Waals surface area contributed by atoms with Gasteiger partial charge in [-0.05, 0) is 36.4 Å². The molecule has 1 aliphatic heterocycles. The third-order valence-corrected chi connectivity index (χ3v) is 6.57. The molecule has 1 aliphatic rings. The molecule has 0 aromatic heterocycles. The third kappa shape index (κ3) is 6.46. The number of Topliss-reactive ketones (excluding diaryl/α,β-unsaturated/α-hetero) is 1. The number of fused-ring (bicyclic) bond motifs is 1. The van der Waals surface area contributed by atoms with Crippen molar-refractivity contribution in [3.63, 3.8) is 0 Å². The molecule has 202 valence electrons. The minimum atomic E-state index is -1.30. The molecule has 9 heteroatoms. The highest BCUT2D eigenvalue weighted by atomic mass is 35.5. The minimum Gasteiger partial charge on any atom is -0.378 e. The minimum absolute atomic E-state index is 0.136. The SMILES string of the molecule is CN(C)c1cccc(NC(=O)NC2N=C(c3ccccc3)c3cc(Cl)ccc3N(CC(=O)C(C)(C)C)C2=O)c1. The van der Waals surface area contributed by atoms with Gasteiger partial charge in [0.1, 0.15) is 0 Å². The molecule has 8 nitrogen and oxygen atoms in total. The van der Waals surface area contributed by atoms with Crippen molar-refractivity contribution in [2.45, 2.75) is 26.9 Å². The van der Waals surface area contributed by atoms with Crippen LogP contribution in [0.3, 0.4) is 0 Å². The van der Waals surface area contributed by atoms with Crippen molar-refractivity contribution in [2.24, 2.45) is 10.4 Å². The van der Waals surface area contributed by atoms with Gasteiger partial charge in [0.05, 0.1) is 17.9 Å². The largest absolute Gasteiger partial charge is 0.378 e. The number of anilines is 3. The maximum absolute atomic E-state index is 13.9. The molecule has 3 aromatic carbocycles. The lowest BCUT2D eigenvalue weighted by atomic mass is 9.90. The van der Waals surface area contributed by atoms with Gasteiger partial charge in [0.25, 0.3) is 5.91 Å². The highest BCUT2D eigenvalue weighted by Gasteiger charge is 2.36. The highest BCUT2D eigenvalue weighted by molar-refractivity contribution is 6.32. The number of benzene rings is 3. The van der Waals surface area contributed by atoms with Gasteiger partial charge in [-0.15, -0.1) is 0 Å². The van der Waals surface area contributed by atoms with E-state index in [1.165, 1.54) is 4.90 Å². The Morgan fingerprint density at radius 2 is 1.72 bits per heavy atom. The Morgan fingerprint density at radius 1 is 1.00 bits per heavy atom. The molecule has 1 heterocycles. The van der Waals surface area contributed by atoms with E-state index in [1.807, 2.05) is 67.5 Å². The number of carbonyl (C=O) groups is 3. The molecule has 4 rings (SSSR count). The van der Waals surface area contributed by atoms with Crippen molar-refractivity contribution in [2.75, 3.05) is 35.8 Å². The summed E-state index contributed by atoms with van der Waals surface area (Å²) < 4.78 is 0. The molecule has 0 radical (unpaired) electrons. The molecule has 3 aromatic rings. The Hall–Kier alpha value is -4.17. The lowest BCUT2D eigenvalue weighted by Gasteiger charge is -2.28. The quantitative estimate of drug-likeness (QED) is 0.436. The van der Waals surface area contributed by atoms with E-state index in [9.17, 15) is 14.4 Å². The van der Waals surface area contributed by atoms with Gasteiger partial charge < -0.3 is 20.4 Å². The van der Waals surface area contributed by atoms with Crippen LogP contribution in [0.15, 0.2) is 77.8 Å². The summed E-state index contributed by atoms with van der Waals surface area (Å²) in [5, 5.41) is 5.95. The van der Waals surface area contributed by atoms with Crippen LogP contribution in [0.1, 0.15) is 31.9 Å². The van der Waals surface area contributed by atoms with Crippen LogP contribution in [0.4, 0.5) is 21.9 Å². The van der Waals surface area contributed by atoms with Crippen molar-refractivity contribution >= 4 is 52.1 Å². The van der Waals surface area contributed by atoms with Crippen molar-refractivity contribution in [3.8, 4) is 0 Å². The van der Waals surface area contributed by atoms with Gasteiger partial charge in [-0.3, -0.25) is 9.59 Å². The van der Waals surface area contributed by atoms with Gasteiger partial charge in [-0.1, -0.05) is 68.8 Å². The lowest BCUT2D eigenvalue weighted by Crippen LogP contribution is -2.50. The number of hydrogen-bond acceptors (Lipinski definition) is 5. The molecule has 0 saturated carbocycles. The number of amides is 3. The summed E-state index contributed by atoms with van der Waals surface area (Å²) in [4.78, 5) is 48.2. The zero-order chi connectivity index (χ0) is 28.3. The molecule has 0 fully saturated rings. The fraction of sp³-hybridized carbons (Fsp3) is 0.267. The number of halogens is 1. The molecule has 0 spiro atoms. The van der Waals surface area contributed by atoms with E-state index in [4.69, 9.17) is 16.6 Å². The van der Waals surface area contributed by atoms with Crippen LogP contribution in [0.5, 0.6) is 0 Å². The fourth-order valence-corrected chi connectivity index (χ4v) is 4.24. The number of nitrogens with zero attached hydrogens (tertiary/aromatic N) is 3. The fourth-order valence-electron chi connectivity index (χ4n) is 4.07. The first-order chi connectivity index (χ1) is 18.4. The second-order valence-corrected chi connectivity index (χ2v) is 11.0. The maximum Gasteiger partial charge on any atom is 0.321 e. The molecular weight excluding hydrogens is 514 g/mol. The first kappa shape index (κ1) is 27.9. The van der Waals surface area contributed by atoms with E-state index in [2.05, 4.69) is 10.6 Å². The number of rotatable bonds is 6. The van der Waals surface area contributed by atoms with Crippen molar-refractivity contribution in [3.05, 3.63) is 88.9 Å². The Labute approximate surface area is 233 Å². The molecule has 2 N–H and O–H groups in total.